The molecule has 0 fully saturated rings. The van der Waals surface area contributed by atoms with Crippen LogP contribution in [-0.4, -0.2) is 126 Å². The Bertz CT molecular complexity index is 8680. The van der Waals surface area contributed by atoms with E-state index in [-0.39, 0.29) is 28.8 Å². The van der Waals surface area contributed by atoms with Gasteiger partial charge in [0.2, 0.25) is 0 Å². The predicted molar refractivity (Wildman–Crippen MR) is 576 cm³/mol. The van der Waals surface area contributed by atoms with Crippen molar-refractivity contribution in [3.8, 4) is 91.4 Å². The molecular weight excluding hydrogens is 1900 g/mol. The Kier molecular flexibility index (Phi) is 29.4. The SMILES string of the molecule is CC(=O)c1nc(-c2ccc(C)cc2)nc2c1[nH]c(=S)n2-c1ccccc1.Cc1ccc(-c2nc(C#N)c3nc(C)n(-c4ccccc4)c3n2)cc1.Cc1ccc(-c2nc(C(=O)NN(Cc3ccccc3)Cc3ccccc3)c3[nH]c(=S)n(-c4ccccc4)c3n2)cc1.Cc1ccc(-c2nc(C(=O)NN)c3[nH]c(=S)n(-c4ccccc4)c3n2)cc1.Cc1ccc(-c2nc(C(=O)NN)c3[nH]c(=S)n(-c4ccccc4)c3n2)cc1. The van der Waals surface area contributed by atoms with Gasteiger partial charge in [0.1, 0.15) is 45.2 Å². The summed E-state index contributed by atoms with van der Waals surface area (Å²) >= 11 is 22.1. The van der Waals surface area contributed by atoms with E-state index in [2.05, 4.69) is 77.2 Å². The summed E-state index contributed by atoms with van der Waals surface area (Å²) in [6.07, 6.45) is 0. The van der Waals surface area contributed by atoms with Crippen LogP contribution in [0.4, 0.5) is 0 Å². The number of carbonyl (C=O) groups excluding carboxylic acids is 4. The van der Waals surface area contributed by atoms with E-state index in [4.69, 9.17) is 80.5 Å². The highest BCUT2D eigenvalue weighted by molar-refractivity contribution is 7.72. The molecule has 0 aliphatic carbocycles. The van der Waals surface area contributed by atoms with Gasteiger partial charge in [0.15, 0.2) is 105 Å². The van der Waals surface area contributed by atoms with Crippen molar-refractivity contribution in [2.45, 2.75) is 61.6 Å². The summed E-state index contributed by atoms with van der Waals surface area (Å²) in [4.78, 5) is 114. The molecule has 31 nitrogen and oxygen atoms in total. The number of aromatic amines is 4. The van der Waals surface area contributed by atoms with E-state index >= 15 is 0 Å². The highest BCUT2D eigenvalue weighted by Crippen LogP contribution is 2.33. The van der Waals surface area contributed by atoms with Crippen molar-refractivity contribution >= 4 is 128 Å². The third kappa shape index (κ3) is 21.5. The molecule has 22 aromatic rings. The van der Waals surface area contributed by atoms with Crippen LogP contribution in [0.1, 0.15) is 99.3 Å². The lowest BCUT2D eigenvalue weighted by atomic mass is 10.1. The molecule has 0 aliphatic heterocycles. The molecule has 146 heavy (non-hydrogen) atoms. The summed E-state index contributed by atoms with van der Waals surface area (Å²) in [7, 11) is 0. The molecule has 11 N–H and O–H groups in total. The van der Waals surface area contributed by atoms with Crippen LogP contribution in [-0.2, 0) is 13.1 Å². The van der Waals surface area contributed by atoms with Gasteiger partial charge in [0.25, 0.3) is 17.7 Å². The summed E-state index contributed by atoms with van der Waals surface area (Å²) in [6, 6.07) is 110. The molecule has 0 saturated carbocycles. The average molecular weight is 2000 g/mol. The second-order valence-electron chi connectivity index (χ2n) is 33.9. The maximum absolute atomic E-state index is 14.0. The summed E-state index contributed by atoms with van der Waals surface area (Å²) in [5.74, 6) is 12.3. The van der Waals surface area contributed by atoms with Crippen LogP contribution in [0.2, 0.25) is 0 Å². The number of nitrogens with one attached hydrogen (secondary N) is 7. The standard InChI is InChI=1S/C33H28N6OS.C20H15N5.C20H16N4OS.2C19H16N6OS/c1-23-17-19-26(20-18-23)30-34-29(28-31(36-30)39(33(41)35-28)27-15-9-4-10-16-27)32(40)37-38(21-24-11-5-2-6-12-24)22-25-13-7-3-8-14-25;1-13-8-10-15(11-9-13)19-23-17(12-21)18-20(24-19)25(14(2)22-18)16-6-4-3-5-7-16;1-12-8-10-14(11-9-12)18-21-16(13(2)25)17-19(23-18)24(20(26)22-17)15-6-4-3-5-7-15;2*1-11-7-9-12(10-8-11)16-21-15(18(26)24-20)14-17(23-16)25(19(27)22-14)13-5-3-2-4-6-13/h2-20H,21-22H2,1H3,(H,35,41)(H,37,40);3-11H,1-2H3;3-11H,1-2H3,(H,22,26);2*2-10H,20H2,1H3,(H,22,27)(H,24,26). The molecule has 0 saturated heterocycles. The van der Waals surface area contributed by atoms with Crippen molar-refractivity contribution in [3.63, 3.8) is 0 Å². The molecule has 0 aliphatic rings. The fraction of sp³-hybridized carbons (Fsp3) is 0.0811. The van der Waals surface area contributed by atoms with Gasteiger partial charge in [-0.25, -0.2) is 71.5 Å². The number of para-hydroxylation sites is 5. The van der Waals surface area contributed by atoms with Crippen LogP contribution in [0.5, 0.6) is 0 Å². The number of fused-ring (bicyclic) bond motifs is 5. The maximum Gasteiger partial charge on any atom is 0.286 e. The van der Waals surface area contributed by atoms with Gasteiger partial charge < -0.3 is 19.9 Å². The lowest BCUT2D eigenvalue weighted by molar-refractivity contribution is 0.0754. The van der Waals surface area contributed by atoms with Gasteiger partial charge >= 0.3 is 0 Å². The van der Waals surface area contributed by atoms with Crippen molar-refractivity contribution in [1.29, 1.82) is 5.26 Å². The lowest BCUT2D eigenvalue weighted by Gasteiger charge is -2.23. The number of hydrazine groups is 3. The zero-order valence-corrected chi connectivity index (χ0v) is 82.9. The lowest BCUT2D eigenvalue weighted by Crippen LogP contribution is -2.41. The number of nitrogen functional groups attached to an aromatic ring is 2. The largest absolute Gasteiger partial charge is 0.327 e. The van der Waals surface area contributed by atoms with Crippen molar-refractivity contribution in [2.75, 3.05) is 0 Å². The highest BCUT2D eigenvalue weighted by atomic mass is 32.1. The van der Waals surface area contributed by atoms with Gasteiger partial charge in [-0.3, -0.25) is 58.3 Å². The van der Waals surface area contributed by atoms with Crippen LogP contribution in [0.3, 0.4) is 0 Å². The van der Waals surface area contributed by atoms with Gasteiger partial charge in [-0.2, -0.15) is 5.26 Å². The van der Waals surface area contributed by atoms with E-state index in [0.29, 0.717) is 129 Å². The van der Waals surface area contributed by atoms with Crippen molar-refractivity contribution in [3.05, 3.63) is 426 Å². The van der Waals surface area contributed by atoms with Crippen LogP contribution in [0, 0.1) is 72.0 Å². The Labute approximate surface area is 856 Å². The number of benzene rings is 12. The molecule has 10 aromatic heterocycles. The van der Waals surface area contributed by atoms with E-state index in [1.165, 1.54) is 6.92 Å². The van der Waals surface area contributed by atoms with Crippen LogP contribution in [0.15, 0.2) is 334 Å². The number of carbonyl (C=O) groups is 4. The number of Topliss-reactive ketones (excluding diaryl/α,β-unsaturated/α-hetero) is 1. The summed E-state index contributed by atoms with van der Waals surface area (Å²) in [5, 5.41) is 11.4. The number of hydrogen-bond acceptors (Lipinski definition) is 23. The monoisotopic (exact) mass is 1990 g/mol. The third-order valence-corrected chi connectivity index (χ3v) is 24.6. The first-order chi connectivity index (χ1) is 70.9. The molecule has 35 heteroatoms. The van der Waals surface area contributed by atoms with Gasteiger partial charge in [-0.05, 0) is 162 Å². The van der Waals surface area contributed by atoms with Gasteiger partial charge in [0.05, 0.1) is 0 Å². The number of aromatic nitrogens is 20. The Morgan fingerprint density at radius 1 is 0.308 bits per heavy atom. The van der Waals surface area contributed by atoms with Crippen LogP contribution < -0.4 is 28.0 Å². The number of rotatable bonds is 19. The van der Waals surface area contributed by atoms with Crippen molar-refractivity contribution < 1.29 is 19.2 Å². The zero-order chi connectivity index (χ0) is 102. The number of amides is 3. The fourth-order valence-electron chi connectivity index (χ4n) is 16.2. The smallest absolute Gasteiger partial charge is 0.286 e. The minimum Gasteiger partial charge on any atom is -0.327 e. The number of aryl methyl sites for hydroxylation is 6. The Hall–Kier alpha value is -18.3. The summed E-state index contributed by atoms with van der Waals surface area (Å²) in [6.45, 7) is 14.5. The normalized spacial score (nSPS) is 11.0. The molecule has 12 aromatic carbocycles. The fourth-order valence-corrected chi connectivity index (χ4v) is 17.4. The molecule has 0 radical (unpaired) electrons. The third-order valence-electron chi connectivity index (χ3n) is 23.5. The van der Waals surface area contributed by atoms with Crippen LogP contribution in [0.25, 0.3) is 141 Å². The van der Waals surface area contributed by atoms with Gasteiger partial charge in [0, 0.05) is 76.3 Å². The van der Waals surface area contributed by atoms with E-state index in [1.807, 2.05) is 394 Å². The first-order valence-electron chi connectivity index (χ1n) is 46.0. The minimum atomic E-state index is -0.521. The number of hydrogen-bond donors (Lipinski definition) is 9. The molecular formula is C111H91N27O4S4. The first-order valence-corrected chi connectivity index (χ1v) is 47.6. The molecule has 22 rings (SSSR count). The number of nitrogens with zero attached hydrogens (tertiary/aromatic N) is 18. The molecule has 0 spiro atoms. The molecule has 10 heterocycles. The van der Waals surface area contributed by atoms with Crippen molar-refractivity contribution in [1.82, 2.24) is 119 Å². The Balaban J connectivity index is 0.000000121. The predicted octanol–water partition coefficient (Wildman–Crippen LogP) is 21.5. The van der Waals surface area contributed by atoms with Crippen molar-refractivity contribution in [2.24, 2.45) is 11.7 Å². The quantitative estimate of drug-likeness (QED) is 0.0119. The second-order valence-corrected chi connectivity index (χ2v) is 35.4. The molecule has 0 bridgehead atoms. The van der Waals surface area contributed by atoms with E-state index in [1.54, 1.807) is 9.13 Å². The highest BCUT2D eigenvalue weighted by Gasteiger charge is 2.28. The van der Waals surface area contributed by atoms with E-state index < -0.39 is 11.8 Å². The Morgan fingerprint density at radius 2 is 0.548 bits per heavy atom. The maximum atomic E-state index is 14.0. The van der Waals surface area contributed by atoms with Crippen LogP contribution >= 0.6 is 48.9 Å². The molecule has 0 unspecified atom stereocenters. The number of nitriles is 1. The van der Waals surface area contributed by atoms with Gasteiger partial charge in [-0.1, -0.05) is 301 Å². The van der Waals surface area contributed by atoms with E-state index in [9.17, 15) is 24.4 Å². The Morgan fingerprint density at radius 3 is 0.815 bits per heavy atom. The molecule has 3 amide bonds. The first kappa shape index (κ1) is 97.9. The summed E-state index contributed by atoms with van der Waals surface area (Å²) in [5.41, 5.74) is 30.0. The zero-order valence-electron chi connectivity index (χ0n) is 79.6. The number of nitrogens with two attached hydrogens (primary N) is 2. The van der Waals surface area contributed by atoms with Gasteiger partial charge in [-0.15, -0.1) is 0 Å². The number of H-pyrrole nitrogens is 4. The topological polar surface area (TPSA) is 413 Å². The number of ketones is 1. The minimum absolute atomic E-state index is 0.137. The second kappa shape index (κ2) is 43.8. The average Bonchev–Trinajstić information content (AvgIpc) is 1.62. The summed E-state index contributed by atoms with van der Waals surface area (Å²) < 4.78 is 10.9. The molecule has 718 valence electrons. The van der Waals surface area contributed by atoms with E-state index in [0.717, 1.165) is 101 Å². The number of imidazole rings is 5. The molecule has 0 atom stereocenters.